The van der Waals surface area contributed by atoms with E-state index in [0.29, 0.717) is 24.7 Å². The lowest BCUT2D eigenvalue weighted by Gasteiger charge is -2.23. The number of fused-ring (bicyclic) bond motifs is 1. The van der Waals surface area contributed by atoms with Crippen LogP contribution in [0.15, 0.2) is 41.2 Å². The number of halogens is 1. The quantitative estimate of drug-likeness (QED) is 0.569. The molecule has 0 aliphatic heterocycles. The number of nitrogens with one attached hydrogen (secondary N) is 1. The van der Waals surface area contributed by atoms with Gasteiger partial charge in [0.2, 0.25) is 0 Å². The van der Waals surface area contributed by atoms with E-state index >= 15 is 0 Å². The van der Waals surface area contributed by atoms with Crippen LogP contribution in [-0.2, 0) is 27.2 Å². The highest BCUT2D eigenvalue weighted by Crippen LogP contribution is 2.29. The number of rotatable bonds is 8. The van der Waals surface area contributed by atoms with E-state index in [1.807, 2.05) is 50.2 Å². The number of aromatic nitrogens is 2. The molecule has 0 amide bonds. The Balaban J connectivity index is 0.00000320. The summed E-state index contributed by atoms with van der Waals surface area (Å²) in [7, 11) is 5.15. The van der Waals surface area contributed by atoms with Gasteiger partial charge in [0.1, 0.15) is 6.61 Å². The smallest absolute Gasteiger partial charge is 0.328 e. The lowest BCUT2D eigenvalue weighted by molar-refractivity contribution is 0.187. The molecule has 2 N–H and O–H groups in total. The van der Waals surface area contributed by atoms with Gasteiger partial charge in [-0.3, -0.25) is 9.13 Å². The van der Waals surface area contributed by atoms with Crippen molar-refractivity contribution in [1.82, 2.24) is 14.5 Å². The number of nitrogens with zero attached hydrogens (tertiary/aromatic N) is 2. The van der Waals surface area contributed by atoms with E-state index in [-0.39, 0.29) is 30.2 Å². The van der Waals surface area contributed by atoms with Crippen LogP contribution in [0.5, 0.6) is 11.5 Å². The van der Waals surface area contributed by atoms with Gasteiger partial charge in [-0.25, -0.2) is 4.79 Å². The van der Waals surface area contributed by atoms with Crippen molar-refractivity contribution >= 4 is 23.4 Å². The van der Waals surface area contributed by atoms with Gasteiger partial charge in [0.25, 0.3) is 0 Å². The summed E-state index contributed by atoms with van der Waals surface area (Å²) in [5, 5.41) is 12.7. The standard InChI is InChI=1S/C22H29N3O4.ClH/c1-22(2,14-26)23-12-15-7-9-19(20(11-15)28-5)29-13-16-6-8-17-18(10-16)25(4)21(27)24(17)3;/h6-11,23,26H,12-14H2,1-5H3;1H. The van der Waals surface area contributed by atoms with Crippen LogP contribution in [0.4, 0.5) is 0 Å². The van der Waals surface area contributed by atoms with Crippen molar-refractivity contribution in [3.05, 3.63) is 58.0 Å². The number of methoxy groups -OCH3 is 1. The second kappa shape index (κ2) is 9.55. The molecule has 1 heterocycles. The number of hydrogen-bond donors (Lipinski definition) is 2. The number of aliphatic hydroxyl groups excluding tert-OH is 1. The second-order valence-electron chi connectivity index (χ2n) is 7.89. The van der Waals surface area contributed by atoms with Crippen molar-refractivity contribution < 1.29 is 14.6 Å². The molecular weight excluding hydrogens is 406 g/mol. The highest BCUT2D eigenvalue weighted by Gasteiger charge is 2.16. The van der Waals surface area contributed by atoms with E-state index in [2.05, 4.69) is 5.32 Å². The molecule has 164 valence electrons. The molecule has 30 heavy (non-hydrogen) atoms. The average molecular weight is 436 g/mol. The van der Waals surface area contributed by atoms with Gasteiger partial charge in [-0.05, 0) is 49.2 Å². The topological polar surface area (TPSA) is 77.7 Å². The number of imidazole rings is 1. The van der Waals surface area contributed by atoms with Crippen LogP contribution < -0.4 is 20.5 Å². The van der Waals surface area contributed by atoms with Gasteiger partial charge in [-0.15, -0.1) is 12.4 Å². The van der Waals surface area contributed by atoms with E-state index < -0.39 is 0 Å². The maximum Gasteiger partial charge on any atom is 0.328 e. The number of hydrogen-bond acceptors (Lipinski definition) is 5. The average Bonchev–Trinajstić information content (AvgIpc) is 2.94. The first kappa shape index (κ1) is 23.8. The van der Waals surface area contributed by atoms with Gasteiger partial charge in [-0.2, -0.15) is 0 Å². The molecule has 0 saturated heterocycles. The molecule has 0 fully saturated rings. The summed E-state index contributed by atoms with van der Waals surface area (Å²) in [5.41, 5.74) is 3.37. The van der Waals surface area contributed by atoms with E-state index in [1.165, 1.54) is 0 Å². The normalized spacial score (nSPS) is 11.4. The minimum absolute atomic E-state index is 0. The van der Waals surface area contributed by atoms with E-state index in [9.17, 15) is 9.90 Å². The van der Waals surface area contributed by atoms with Crippen molar-refractivity contribution in [2.75, 3.05) is 13.7 Å². The predicted molar refractivity (Wildman–Crippen MR) is 121 cm³/mol. The molecule has 7 nitrogen and oxygen atoms in total. The molecule has 0 atom stereocenters. The predicted octanol–water partition coefficient (Wildman–Crippen LogP) is 2.75. The molecule has 0 spiro atoms. The van der Waals surface area contributed by atoms with Crippen LogP contribution in [0, 0.1) is 0 Å². The molecule has 0 bridgehead atoms. The molecule has 2 aromatic carbocycles. The molecule has 0 aliphatic carbocycles. The SMILES string of the molecule is COc1cc(CNC(C)(C)CO)ccc1OCc1ccc2c(c1)n(C)c(=O)n2C.Cl. The first-order valence-electron chi connectivity index (χ1n) is 9.55. The van der Waals surface area contributed by atoms with Crippen LogP contribution in [0.2, 0.25) is 0 Å². The first-order valence-corrected chi connectivity index (χ1v) is 9.55. The zero-order chi connectivity index (χ0) is 21.2. The Kier molecular flexibility index (Phi) is 7.58. The lowest BCUT2D eigenvalue weighted by atomic mass is 10.1. The highest BCUT2D eigenvalue weighted by atomic mass is 35.5. The zero-order valence-corrected chi connectivity index (χ0v) is 18.9. The van der Waals surface area contributed by atoms with Crippen molar-refractivity contribution in [2.24, 2.45) is 14.1 Å². The monoisotopic (exact) mass is 435 g/mol. The summed E-state index contributed by atoms with van der Waals surface area (Å²) in [6.45, 7) is 4.93. The third-order valence-electron chi connectivity index (χ3n) is 5.13. The summed E-state index contributed by atoms with van der Waals surface area (Å²) < 4.78 is 14.7. The Morgan fingerprint density at radius 3 is 2.33 bits per heavy atom. The molecular formula is C22H30ClN3O4. The van der Waals surface area contributed by atoms with Crippen LogP contribution >= 0.6 is 12.4 Å². The summed E-state index contributed by atoms with van der Waals surface area (Å²) in [4.78, 5) is 12.1. The Bertz CT molecular complexity index is 1070. The molecule has 3 aromatic rings. The fourth-order valence-electron chi connectivity index (χ4n) is 3.14. The number of benzene rings is 2. The summed E-state index contributed by atoms with van der Waals surface area (Å²) in [5.74, 6) is 1.30. The third kappa shape index (κ3) is 4.98. The van der Waals surface area contributed by atoms with E-state index in [1.54, 1.807) is 30.3 Å². The fraction of sp³-hybridized carbons (Fsp3) is 0.409. The molecule has 0 radical (unpaired) electrons. The fourth-order valence-corrected chi connectivity index (χ4v) is 3.14. The number of aliphatic hydroxyl groups is 1. The maximum absolute atomic E-state index is 12.1. The van der Waals surface area contributed by atoms with Crippen LogP contribution in [0.25, 0.3) is 11.0 Å². The largest absolute Gasteiger partial charge is 0.493 e. The number of aryl methyl sites for hydroxylation is 2. The van der Waals surface area contributed by atoms with Gasteiger partial charge < -0.3 is 19.9 Å². The van der Waals surface area contributed by atoms with Gasteiger partial charge in [0.05, 0.1) is 24.8 Å². The van der Waals surface area contributed by atoms with Gasteiger partial charge in [0, 0.05) is 26.2 Å². The Labute approximate surface area is 182 Å². The van der Waals surface area contributed by atoms with Crippen molar-refractivity contribution in [3.63, 3.8) is 0 Å². The minimum Gasteiger partial charge on any atom is -0.493 e. The number of ether oxygens (including phenoxy) is 2. The van der Waals surface area contributed by atoms with Gasteiger partial charge >= 0.3 is 5.69 Å². The second-order valence-corrected chi connectivity index (χ2v) is 7.89. The molecule has 0 saturated carbocycles. The summed E-state index contributed by atoms with van der Waals surface area (Å²) in [6, 6.07) is 11.7. The summed E-state index contributed by atoms with van der Waals surface area (Å²) >= 11 is 0. The van der Waals surface area contributed by atoms with Crippen molar-refractivity contribution in [2.45, 2.75) is 32.5 Å². The summed E-state index contributed by atoms with van der Waals surface area (Å²) in [6.07, 6.45) is 0. The molecule has 0 unspecified atom stereocenters. The van der Waals surface area contributed by atoms with E-state index in [4.69, 9.17) is 9.47 Å². The molecule has 0 aliphatic rings. The van der Waals surface area contributed by atoms with Crippen molar-refractivity contribution in [1.29, 1.82) is 0 Å². The molecule has 3 rings (SSSR count). The highest BCUT2D eigenvalue weighted by molar-refractivity contribution is 5.85. The van der Waals surface area contributed by atoms with Gasteiger partial charge in [-0.1, -0.05) is 12.1 Å². The van der Waals surface area contributed by atoms with Crippen LogP contribution in [0.1, 0.15) is 25.0 Å². The van der Waals surface area contributed by atoms with Gasteiger partial charge in [0.15, 0.2) is 11.5 Å². The Morgan fingerprint density at radius 1 is 1.00 bits per heavy atom. The minimum atomic E-state index is -0.349. The first-order chi connectivity index (χ1) is 13.8. The Hall–Kier alpha value is -2.48. The van der Waals surface area contributed by atoms with Crippen LogP contribution in [-0.4, -0.2) is 33.5 Å². The zero-order valence-electron chi connectivity index (χ0n) is 18.1. The lowest BCUT2D eigenvalue weighted by Crippen LogP contribution is -2.42. The Morgan fingerprint density at radius 2 is 1.67 bits per heavy atom. The van der Waals surface area contributed by atoms with Crippen LogP contribution in [0.3, 0.4) is 0 Å². The third-order valence-corrected chi connectivity index (χ3v) is 5.13. The molecule has 8 heteroatoms. The van der Waals surface area contributed by atoms with Crippen molar-refractivity contribution in [3.8, 4) is 11.5 Å². The van der Waals surface area contributed by atoms with E-state index in [0.717, 1.165) is 22.2 Å². The molecule has 1 aromatic heterocycles. The maximum atomic E-state index is 12.1.